The highest BCUT2D eigenvalue weighted by atomic mass is 16.3. The van der Waals surface area contributed by atoms with E-state index in [0.29, 0.717) is 28.8 Å². The van der Waals surface area contributed by atoms with Crippen LogP contribution in [0.1, 0.15) is 41.0 Å². The van der Waals surface area contributed by atoms with E-state index in [1.54, 1.807) is 6.92 Å². The summed E-state index contributed by atoms with van der Waals surface area (Å²) >= 11 is 0. The highest BCUT2D eigenvalue weighted by Gasteiger charge is 2.30. The molecule has 1 saturated carbocycles. The van der Waals surface area contributed by atoms with Gasteiger partial charge in [-0.1, -0.05) is 12.1 Å². The first kappa shape index (κ1) is 14.2. The van der Waals surface area contributed by atoms with Crippen molar-refractivity contribution in [1.29, 1.82) is 0 Å². The Hall–Kier alpha value is -3.15. The largest absolute Gasteiger partial charge is 0.439 e. The maximum atomic E-state index is 12.9. The van der Waals surface area contributed by atoms with Crippen LogP contribution in [0.5, 0.6) is 0 Å². The fourth-order valence-electron chi connectivity index (χ4n) is 3.20. The molecule has 4 aromatic rings. The van der Waals surface area contributed by atoms with Crippen LogP contribution < -0.4 is 5.32 Å². The number of hydrogen-bond acceptors (Lipinski definition) is 4. The van der Waals surface area contributed by atoms with Crippen LogP contribution in [0.25, 0.3) is 16.6 Å². The Labute approximate surface area is 143 Å². The van der Waals surface area contributed by atoms with E-state index < -0.39 is 0 Å². The molecule has 1 fully saturated rings. The number of anilines is 1. The summed E-state index contributed by atoms with van der Waals surface area (Å²) in [7, 11) is 0. The summed E-state index contributed by atoms with van der Waals surface area (Å²) in [6.07, 6.45) is 4.23. The maximum Gasteiger partial charge on any atom is 0.276 e. The quantitative estimate of drug-likeness (QED) is 0.617. The summed E-state index contributed by atoms with van der Waals surface area (Å²) in [5.74, 6) is 1.75. The third-order valence-electron chi connectivity index (χ3n) is 4.50. The normalized spacial score (nSPS) is 14.3. The fourth-order valence-corrected chi connectivity index (χ4v) is 3.20. The number of aryl methyl sites for hydroxylation is 1. The lowest BCUT2D eigenvalue weighted by atomic mass is 10.2. The number of benzene rings is 1. The molecule has 0 atom stereocenters. The Morgan fingerprint density at radius 2 is 2.08 bits per heavy atom. The van der Waals surface area contributed by atoms with Gasteiger partial charge >= 0.3 is 0 Å². The van der Waals surface area contributed by atoms with Crippen LogP contribution in [-0.4, -0.2) is 20.3 Å². The molecule has 1 amide bonds. The van der Waals surface area contributed by atoms with E-state index in [4.69, 9.17) is 4.42 Å². The second kappa shape index (κ2) is 5.17. The summed E-state index contributed by atoms with van der Waals surface area (Å²) in [5, 5.41) is 2.93. The van der Waals surface area contributed by atoms with E-state index >= 15 is 0 Å². The molecule has 3 heterocycles. The molecule has 1 N–H and O–H groups in total. The average Bonchev–Trinajstić information content (AvgIpc) is 3.26. The van der Waals surface area contributed by atoms with Crippen molar-refractivity contribution in [1.82, 2.24) is 14.4 Å². The molecule has 5 rings (SSSR count). The van der Waals surface area contributed by atoms with Gasteiger partial charge in [-0.25, -0.2) is 9.97 Å². The summed E-state index contributed by atoms with van der Waals surface area (Å²) in [5.41, 5.74) is 3.18. The van der Waals surface area contributed by atoms with Crippen molar-refractivity contribution in [3.8, 4) is 0 Å². The number of hydrogen-bond donors (Lipinski definition) is 1. The fraction of sp³-hybridized carbons (Fsp3) is 0.211. The van der Waals surface area contributed by atoms with E-state index in [-0.39, 0.29) is 5.91 Å². The zero-order valence-electron chi connectivity index (χ0n) is 13.7. The van der Waals surface area contributed by atoms with Gasteiger partial charge in [0, 0.05) is 19.0 Å². The number of aromatic nitrogens is 3. The van der Waals surface area contributed by atoms with E-state index in [1.807, 2.05) is 47.0 Å². The van der Waals surface area contributed by atoms with Gasteiger partial charge < -0.3 is 14.1 Å². The third kappa shape index (κ3) is 2.29. The van der Waals surface area contributed by atoms with Crippen LogP contribution >= 0.6 is 0 Å². The van der Waals surface area contributed by atoms with Gasteiger partial charge in [-0.05, 0) is 37.1 Å². The Morgan fingerprint density at radius 1 is 1.20 bits per heavy atom. The third-order valence-corrected chi connectivity index (χ3v) is 4.50. The number of para-hydroxylation sites is 1. The molecule has 25 heavy (non-hydrogen) atoms. The van der Waals surface area contributed by atoms with Crippen LogP contribution in [0, 0.1) is 6.92 Å². The van der Waals surface area contributed by atoms with Crippen molar-refractivity contribution >= 4 is 28.2 Å². The average molecular weight is 332 g/mol. The first-order chi connectivity index (χ1) is 12.2. The molecule has 1 aliphatic carbocycles. The Kier molecular flexibility index (Phi) is 2.94. The number of pyridine rings is 1. The molecular weight excluding hydrogens is 316 g/mol. The van der Waals surface area contributed by atoms with Crippen LogP contribution in [-0.2, 0) is 0 Å². The second-order valence-corrected chi connectivity index (χ2v) is 6.39. The number of carbonyl (C=O) groups excluding carboxylic acids is 1. The molecule has 0 aliphatic heterocycles. The van der Waals surface area contributed by atoms with E-state index in [9.17, 15) is 4.79 Å². The number of nitrogens with zero attached hydrogens (tertiary/aromatic N) is 3. The number of amides is 1. The lowest BCUT2D eigenvalue weighted by Crippen LogP contribution is -2.13. The summed E-state index contributed by atoms with van der Waals surface area (Å²) < 4.78 is 7.64. The second-order valence-electron chi connectivity index (χ2n) is 6.39. The van der Waals surface area contributed by atoms with E-state index in [1.165, 1.54) is 0 Å². The van der Waals surface area contributed by atoms with Crippen LogP contribution in [0.4, 0.5) is 5.69 Å². The Balaban J connectivity index is 1.57. The van der Waals surface area contributed by atoms with Crippen LogP contribution in [0.15, 0.2) is 47.0 Å². The van der Waals surface area contributed by atoms with Crippen LogP contribution in [0.3, 0.4) is 0 Å². The lowest BCUT2D eigenvalue weighted by Gasteiger charge is -2.04. The topological polar surface area (TPSA) is 72.4 Å². The zero-order chi connectivity index (χ0) is 17.0. The molecule has 1 aromatic carbocycles. The number of rotatable bonds is 3. The Bertz CT molecular complexity index is 1120. The molecule has 0 bridgehead atoms. The predicted molar refractivity (Wildman–Crippen MR) is 93.9 cm³/mol. The highest BCUT2D eigenvalue weighted by molar-refractivity contribution is 6.10. The van der Waals surface area contributed by atoms with Crippen molar-refractivity contribution in [2.45, 2.75) is 25.7 Å². The van der Waals surface area contributed by atoms with E-state index in [2.05, 4.69) is 15.3 Å². The number of fused-ring (bicyclic) bond motifs is 2. The minimum atomic E-state index is -0.239. The first-order valence-corrected chi connectivity index (χ1v) is 8.35. The molecule has 0 unspecified atom stereocenters. The number of carbonyl (C=O) groups is 1. The molecule has 1 aliphatic rings. The van der Waals surface area contributed by atoms with Crippen molar-refractivity contribution in [2.75, 3.05) is 5.32 Å². The van der Waals surface area contributed by atoms with Crippen molar-refractivity contribution in [3.05, 3.63) is 60.0 Å². The summed E-state index contributed by atoms with van der Waals surface area (Å²) in [6, 6.07) is 11.3. The number of nitrogens with one attached hydrogen (secondary N) is 1. The van der Waals surface area contributed by atoms with Gasteiger partial charge in [0.1, 0.15) is 11.3 Å². The monoisotopic (exact) mass is 332 g/mol. The molecule has 3 aromatic heterocycles. The standard InChI is InChI=1S/C19H16N4O2/c1-11-20-13-5-4-6-14(17(13)25-11)21-19(24)16-15-7-2-3-10-23(15)18(22-16)12-8-9-12/h2-7,10,12H,8-9H2,1H3,(H,21,24). The summed E-state index contributed by atoms with van der Waals surface area (Å²) in [6.45, 7) is 1.79. The molecule has 0 spiro atoms. The van der Waals surface area contributed by atoms with Crippen molar-refractivity contribution in [2.24, 2.45) is 0 Å². The van der Waals surface area contributed by atoms with Gasteiger partial charge in [0.25, 0.3) is 5.91 Å². The molecular formula is C19H16N4O2. The zero-order valence-corrected chi connectivity index (χ0v) is 13.7. The molecule has 0 radical (unpaired) electrons. The minimum absolute atomic E-state index is 0.239. The van der Waals surface area contributed by atoms with Gasteiger partial charge in [-0.3, -0.25) is 4.79 Å². The lowest BCUT2D eigenvalue weighted by molar-refractivity contribution is 0.102. The van der Waals surface area contributed by atoms with Crippen molar-refractivity contribution < 1.29 is 9.21 Å². The predicted octanol–water partition coefficient (Wildman–Crippen LogP) is 3.91. The summed E-state index contributed by atoms with van der Waals surface area (Å²) in [4.78, 5) is 21.8. The van der Waals surface area contributed by atoms with Crippen LogP contribution in [0.2, 0.25) is 0 Å². The van der Waals surface area contributed by atoms with Crippen molar-refractivity contribution in [3.63, 3.8) is 0 Å². The smallest absolute Gasteiger partial charge is 0.276 e. The number of imidazole rings is 1. The van der Waals surface area contributed by atoms with Gasteiger partial charge in [0.2, 0.25) is 0 Å². The Morgan fingerprint density at radius 3 is 2.92 bits per heavy atom. The number of oxazole rings is 1. The van der Waals surface area contributed by atoms with Gasteiger partial charge in [-0.15, -0.1) is 0 Å². The molecule has 6 heteroatoms. The molecule has 124 valence electrons. The van der Waals surface area contributed by atoms with E-state index in [0.717, 1.165) is 29.7 Å². The molecule has 0 saturated heterocycles. The highest BCUT2D eigenvalue weighted by Crippen LogP contribution is 2.40. The van der Waals surface area contributed by atoms with Gasteiger partial charge in [0.05, 0.1) is 11.2 Å². The van der Waals surface area contributed by atoms with Gasteiger partial charge in [0.15, 0.2) is 17.2 Å². The molecule has 6 nitrogen and oxygen atoms in total. The van der Waals surface area contributed by atoms with Gasteiger partial charge in [-0.2, -0.15) is 0 Å². The maximum absolute atomic E-state index is 12.9. The SMILES string of the molecule is Cc1nc2cccc(NC(=O)c3nc(C4CC4)n4ccccc34)c2o1. The first-order valence-electron chi connectivity index (χ1n) is 8.35. The minimum Gasteiger partial charge on any atom is -0.439 e.